The predicted octanol–water partition coefficient (Wildman–Crippen LogP) is 3.74. The number of H-pyrrole nitrogens is 1. The fraction of sp³-hybridized carbons (Fsp3) is 0.429. The molecule has 0 radical (unpaired) electrons. The number of aromatic nitrogens is 2. The third-order valence-corrected chi connectivity index (χ3v) is 12.2. The van der Waals surface area contributed by atoms with E-state index in [1.165, 1.54) is 14.9 Å². The lowest BCUT2D eigenvalue weighted by molar-refractivity contribution is -0.0296. The average Bonchev–Trinajstić information content (AvgIpc) is 3.25. The van der Waals surface area contributed by atoms with Crippen molar-refractivity contribution >= 4 is 18.7 Å². The predicted molar refractivity (Wildman–Crippen MR) is 142 cm³/mol. The van der Waals surface area contributed by atoms with Crippen LogP contribution in [0.5, 0.6) is 0 Å². The van der Waals surface area contributed by atoms with Crippen LogP contribution in [-0.2, 0) is 9.16 Å². The lowest BCUT2D eigenvalue weighted by atomic mass is 9.98. The Morgan fingerprint density at radius 1 is 1.03 bits per heavy atom. The first-order valence-electron chi connectivity index (χ1n) is 12.4. The number of nitrogens with one attached hydrogen (secondary N) is 1. The number of rotatable bonds is 7. The standard InChI is InChI=1S/C28H36N2O4Si/c1-6-21-17-25(30-18-20(2)26(31)29-27(30)32)34-24(21)19-33-35(28(3,4)5,22-13-9-7-10-14-22)23-15-11-8-12-16-23/h7-16,18,21,24-25H,6,17,19H2,1-5H3,(H,29,31,32)/t21-,24+,25-/m0/s1. The molecule has 4 rings (SSSR count). The SMILES string of the molecule is CC[C@H]1C[C@@H](n2cc(C)c(=O)[nH]c2=O)O[C@@H]1CO[Si](c1ccccc1)(c1ccccc1)C(C)(C)C. The normalized spacial score (nSPS) is 20.8. The van der Waals surface area contributed by atoms with Crippen molar-refractivity contribution in [2.45, 2.75) is 64.8 Å². The molecule has 0 amide bonds. The monoisotopic (exact) mass is 492 g/mol. The summed E-state index contributed by atoms with van der Waals surface area (Å²) in [4.78, 5) is 26.7. The fourth-order valence-corrected chi connectivity index (χ4v) is 9.90. The van der Waals surface area contributed by atoms with Gasteiger partial charge in [0, 0.05) is 11.8 Å². The van der Waals surface area contributed by atoms with Gasteiger partial charge in [0.1, 0.15) is 6.23 Å². The highest BCUT2D eigenvalue weighted by atomic mass is 28.4. The minimum Gasteiger partial charge on any atom is -0.405 e. The van der Waals surface area contributed by atoms with Gasteiger partial charge >= 0.3 is 5.69 Å². The molecule has 0 spiro atoms. The smallest absolute Gasteiger partial charge is 0.330 e. The summed E-state index contributed by atoms with van der Waals surface area (Å²) in [6, 6.07) is 21.1. The van der Waals surface area contributed by atoms with E-state index in [1.54, 1.807) is 13.1 Å². The summed E-state index contributed by atoms with van der Waals surface area (Å²) < 4.78 is 15.1. The maximum atomic E-state index is 12.5. The number of hydrogen-bond donors (Lipinski definition) is 1. The zero-order valence-electron chi connectivity index (χ0n) is 21.3. The molecule has 1 aromatic heterocycles. The van der Waals surface area contributed by atoms with Gasteiger partial charge in [-0.05, 0) is 34.7 Å². The molecule has 0 aliphatic carbocycles. The molecule has 3 atom stereocenters. The van der Waals surface area contributed by atoms with Gasteiger partial charge in [-0.25, -0.2) is 4.79 Å². The van der Waals surface area contributed by atoms with Crippen molar-refractivity contribution in [3.8, 4) is 0 Å². The Hall–Kier alpha value is -2.74. The van der Waals surface area contributed by atoms with Gasteiger partial charge < -0.3 is 9.16 Å². The van der Waals surface area contributed by atoms with Crippen LogP contribution in [0.2, 0.25) is 5.04 Å². The van der Waals surface area contributed by atoms with Crippen LogP contribution in [0.1, 0.15) is 52.3 Å². The summed E-state index contributed by atoms with van der Waals surface area (Å²) in [6.45, 7) is 11.1. The second-order valence-electron chi connectivity index (χ2n) is 10.5. The Morgan fingerprint density at radius 2 is 1.60 bits per heavy atom. The average molecular weight is 493 g/mol. The number of ether oxygens (including phenoxy) is 1. The van der Waals surface area contributed by atoms with E-state index in [-0.39, 0.29) is 22.6 Å². The van der Waals surface area contributed by atoms with Crippen LogP contribution in [-0.4, -0.2) is 30.6 Å². The van der Waals surface area contributed by atoms with Crippen molar-refractivity contribution < 1.29 is 9.16 Å². The fourth-order valence-electron chi connectivity index (χ4n) is 5.33. The van der Waals surface area contributed by atoms with Crippen molar-refractivity contribution in [2.24, 2.45) is 5.92 Å². The first kappa shape index (κ1) is 25.4. The maximum absolute atomic E-state index is 12.5. The van der Waals surface area contributed by atoms with Crippen molar-refractivity contribution in [3.63, 3.8) is 0 Å². The summed E-state index contributed by atoms with van der Waals surface area (Å²) in [6.07, 6.45) is 2.66. The molecule has 1 aliphatic rings. The molecular formula is C28H36N2O4Si. The molecule has 186 valence electrons. The Balaban J connectivity index is 1.68. The van der Waals surface area contributed by atoms with Gasteiger partial charge in [0.15, 0.2) is 0 Å². The number of nitrogens with zero attached hydrogens (tertiary/aromatic N) is 1. The Bertz CT molecular complexity index is 1210. The lowest BCUT2D eigenvalue weighted by Crippen LogP contribution is -2.67. The van der Waals surface area contributed by atoms with Crippen LogP contribution in [0, 0.1) is 12.8 Å². The molecule has 7 heteroatoms. The highest BCUT2D eigenvalue weighted by molar-refractivity contribution is 6.99. The highest BCUT2D eigenvalue weighted by Gasteiger charge is 2.51. The van der Waals surface area contributed by atoms with Gasteiger partial charge in [-0.3, -0.25) is 14.3 Å². The molecule has 2 heterocycles. The van der Waals surface area contributed by atoms with E-state index < -0.39 is 20.2 Å². The quantitative estimate of drug-likeness (QED) is 0.510. The first-order valence-corrected chi connectivity index (χ1v) is 14.3. The van der Waals surface area contributed by atoms with Gasteiger partial charge in [-0.15, -0.1) is 0 Å². The molecule has 1 N–H and O–H groups in total. The number of aryl methyl sites for hydroxylation is 1. The number of benzene rings is 2. The zero-order valence-corrected chi connectivity index (χ0v) is 22.3. The molecule has 35 heavy (non-hydrogen) atoms. The van der Waals surface area contributed by atoms with Crippen LogP contribution in [0.25, 0.3) is 0 Å². The van der Waals surface area contributed by atoms with Crippen molar-refractivity contribution in [1.82, 2.24) is 9.55 Å². The molecule has 3 aromatic rings. The van der Waals surface area contributed by atoms with E-state index in [9.17, 15) is 9.59 Å². The summed E-state index contributed by atoms with van der Waals surface area (Å²) >= 11 is 0. The van der Waals surface area contributed by atoms with Gasteiger partial charge in [0.25, 0.3) is 13.9 Å². The zero-order chi connectivity index (χ0) is 25.2. The minimum atomic E-state index is -2.68. The molecule has 1 aliphatic heterocycles. The number of hydrogen-bond acceptors (Lipinski definition) is 4. The van der Waals surface area contributed by atoms with E-state index in [4.69, 9.17) is 9.16 Å². The maximum Gasteiger partial charge on any atom is 0.330 e. The summed E-state index contributed by atoms with van der Waals surface area (Å²) in [5.74, 6) is 0.248. The first-order chi connectivity index (χ1) is 16.7. The Morgan fingerprint density at radius 3 is 2.11 bits per heavy atom. The Labute approximate surface area is 208 Å². The van der Waals surface area contributed by atoms with E-state index in [1.807, 2.05) is 12.1 Å². The summed E-state index contributed by atoms with van der Waals surface area (Å²) in [5.41, 5.74) is -0.301. The second-order valence-corrected chi connectivity index (χ2v) is 14.8. The van der Waals surface area contributed by atoms with Crippen LogP contribution in [0.15, 0.2) is 76.4 Å². The molecular weight excluding hydrogens is 456 g/mol. The van der Waals surface area contributed by atoms with Gasteiger partial charge in [0.05, 0.1) is 12.7 Å². The van der Waals surface area contributed by atoms with Gasteiger partial charge in [-0.1, -0.05) is 94.8 Å². The van der Waals surface area contributed by atoms with Crippen LogP contribution in [0.4, 0.5) is 0 Å². The molecule has 0 bridgehead atoms. The molecule has 1 saturated heterocycles. The molecule has 0 unspecified atom stereocenters. The van der Waals surface area contributed by atoms with E-state index >= 15 is 0 Å². The topological polar surface area (TPSA) is 73.3 Å². The lowest BCUT2D eigenvalue weighted by Gasteiger charge is -2.43. The van der Waals surface area contributed by atoms with Gasteiger partial charge in [-0.2, -0.15) is 0 Å². The van der Waals surface area contributed by atoms with Crippen LogP contribution >= 0.6 is 0 Å². The van der Waals surface area contributed by atoms with E-state index in [0.29, 0.717) is 18.6 Å². The molecule has 1 fully saturated rings. The van der Waals surface area contributed by atoms with Crippen LogP contribution < -0.4 is 21.6 Å². The van der Waals surface area contributed by atoms with Crippen molar-refractivity contribution in [3.05, 3.63) is 93.3 Å². The molecule has 6 nitrogen and oxygen atoms in total. The largest absolute Gasteiger partial charge is 0.405 e. The summed E-state index contributed by atoms with van der Waals surface area (Å²) in [5, 5.41) is 2.34. The molecule has 0 saturated carbocycles. The minimum absolute atomic E-state index is 0.123. The highest BCUT2D eigenvalue weighted by Crippen LogP contribution is 2.39. The van der Waals surface area contributed by atoms with Crippen molar-refractivity contribution in [1.29, 1.82) is 0 Å². The van der Waals surface area contributed by atoms with E-state index in [0.717, 1.165) is 6.42 Å². The van der Waals surface area contributed by atoms with Crippen molar-refractivity contribution in [2.75, 3.05) is 6.61 Å². The van der Waals surface area contributed by atoms with Crippen LogP contribution in [0.3, 0.4) is 0 Å². The van der Waals surface area contributed by atoms with Gasteiger partial charge in [0.2, 0.25) is 0 Å². The third-order valence-electron chi connectivity index (χ3n) is 7.22. The molecule has 2 aromatic carbocycles. The number of aromatic amines is 1. The second kappa shape index (κ2) is 10.1. The van der Waals surface area contributed by atoms with E-state index in [2.05, 4.69) is 81.2 Å². The third kappa shape index (κ3) is 4.85. The summed E-state index contributed by atoms with van der Waals surface area (Å²) in [7, 11) is -2.68. The Kier molecular flexibility index (Phi) is 7.31.